The summed E-state index contributed by atoms with van der Waals surface area (Å²) in [4.78, 5) is 0. The van der Waals surface area contributed by atoms with Crippen molar-refractivity contribution in [1.29, 1.82) is 0 Å². The Morgan fingerprint density at radius 2 is 1.75 bits per heavy atom. The summed E-state index contributed by atoms with van der Waals surface area (Å²) in [6, 6.07) is 13.8. The standard InChI is InChI=1S/C16H18ClNO2/c1-19-14-6-3-12(4-7-14)9-10-18-13-5-8-15(17)16(11-13)20-2/h3-8,11,18H,9-10H2,1-2H3. The zero-order chi connectivity index (χ0) is 14.4. The molecule has 0 atom stereocenters. The SMILES string of the molecule is COc1ccc(CCNc2ccc(Cl)c(OC)c2)cc1. The third-order valence-corrected chi connectivity index (χ3v) is 3.37. The second-order valence-corrected chi connectivity index (χ2v) is 4.78. The predicted octanol–water partition coefficient (Wildman–Crippen LogP) is 4.01. The van der Waals surface area contributed by atoms with Crippen molar-refractivity contribution >= 4 is 17.3 Å². The molecule has 0 unspecified atom stereocenters. The Hall–Kier alpha value is -1.87. The van der Waals surface area contributed by atoms with E-state index < -0.39 is 0 Å². The zero-order valence-electron chi connectivity index (χ0n) is 11.7. The molecule has 2 aromatic carbocycles. The first-order valence-corrected chi connectivity index (χ1v) is 6.81. The second kappa shape index (κ2) is 7.06. The van der Waals surface area contributed by atoms with Crippen LogP contribution in [0.4, 0.5) is 5.69 Å². The van der Waals surface area contributed by atoms with Crippen molar-refractivity contribution in [2.24, 2.45) is 0 Å². The van der Waals surface area contributed by atoms with Crippen molar-refractivity contribution in [3.63, 3.8) is 0 Å². The average Bonchev–Trinajstić information content (AvgIpc) is 2.49. The highest BCUT2D eigenvalue weighted by atomic mass is 35.5. The van der Waals surface area contributed by atoms with Crippen LogP contribution < -0.4 is 14.8 Å². The Bertz CT molecular complexity index is 555. The van der Waals surface area contributed by atoms with Crippen LogP contribution in [0.25, 0.3) is 0 Å². The van der Waals surface area contributed by atoms with E-state index in [2.05, 4.69) is 17.4 Å². The van der Waals surface area contributed by atoms with Crippen LogP contribution in [-0.4, -0.2) is 20.8 Å². The molecule has 0 saturated carbocycles. The largest absolute Gasteiger partial charge is 0.497 e. The lowest BCUT2D eigenvalue weighted by Crippen LogP contribution is -2.05. The minimum atomic E-state index is 0.619. The molecule has 2 aromatic rings. The van der Waals surface area contributed by atoms with Crippen LogP contribution in [0.15, 0.2) is 42.5 Å². The molecule has 1 N–H and O–H groups in total. The van der Waals surface area contributed by atoms with Gasteiger partial charge < -0.3 is 14.8 Å². The molecule has 0 spiro atoms. The summed E-state index contributed by atoms with van der Waals surface area (Å²) in [6.45, 7) is 0.844. The average molecular weight is 292 g/mol. The molecule has 2 rings (SSSR count). The molecule has 0 bridgehead atoms. The van der Waals surface area contributed by atoms with E-state index in [1.165, 1.54) is 5.56 Å². The molecule has 20 heavy (non-hydrogen) atoms. The summed E-state index contributed by atoms with van der Waals surface area (Å²) in [6.07, 6.45) is 0.939. The van der Waals surface area contributed by atoms with Crippen molar-refractivity contribution in [1.82, 2.24) is 0 Å². The molecule has 0 saturated heterocycles. The van der Waals surface area contributed by atoms with Gasteiger partial charge in [0.2, 0.25) is 0 Å². The molecule has 0 amide bonds. The Labute approximate surface area is 124 Å². The first kappa shape index (κ1) is 14.5. The van der Waals surface area contributed by atoms with Crippen molar-refractivity contribution in [3.8, 4) is 11.5 Å². The van der Waals surface area contributed by atoms with Crippen LogP contribution in [0, 0.1) is 0 Å². The fourth-order valence-electron chi connectivity index (χ4n) is 1.91. The molecule has 4 heteroatoms. The molecule has 0 radical (unpaired) electrons. The lowest BCUT2D eigenvalue weighted by atomic mass is 10.1. The predicted molar refractivity (Wildman–Crippen MR) is 83.2 cm³/mol. The Morgan fingerprint density at radius 3 is 2.40 bits per heavy atom. The van der Waals surface area contributed by atoms with Crippen LogP contribution in [0.3, 0.4) is 0 Å². The molecule has 0 fully saturated rings. The van der Waals surface area contributed by atoms with Gasteiger partial charge >= 0.3 is 0 Å². The van der Waals surface area contributed by atoms with Gasteiger partial charge in [-0.2, -0.15) is 0 Å². The van der Waals surface area contributed by atoms with E-state index in [1.807, 2.05) is 30.3 Å². The molecule has 0 aliphatic carbocycles. The summed E-state index contributed by atoms with van der Waals surface area (Å²) in [5.74, 6) is 1.56. The molecule has 3 nitrogen and oxygen atoms in total. The van der Waals surface area contributed by atoms with Crippen LogP contribution in [-0.2, 0) is 6.42 Å². The van der Waals surface area contributed by atoms with Gasteiger partial charge in [0.1, 0.15) is 11.5 Å². The first-order valence-electron chi connectivity index (χ1n) is 6.43. The van der Waals surface area contributed by atoms with Gasteiger partial charge in [-0.15, -0.1) is 0 Å². The van der Waals surface area contributed by atoms with E-state index in [-0.39, 0.29) is 0 Å². The van der Waals surface area contributed by atoms with E-state index in [0.29, 0.717) is 10.8 Å². The minimum Gasteiger partial charge on any atom is -0.497 e. The lowest BCUT2D eigenvalue weighted by Gasteiger charge is -2.09. The highest BCUT2D eigenvalue weighted by Gasteiger charge is 2.01. The number of ether oxygens (including phenoxy) is 2. The van der Waals surface area contributed by atoms with Gasteiger partial charge in [0.15, 0.2) is 0 Å². The van der Waals surface area contributed by atoms with Crippen LogP contribution >= 0.6 is 11.6 Å². The van der Waals surface area contributed by atoms with Gasteiger partial charge in [-0.05, 0) is 36.2 Å². The van der Waals surface area contributed by atoms with E-state index in [0.717, 1.165) is 24.4 Å². The topological polar surface area (TPSA) is 30.5 Å². The molecule has 0 aromatic heterocycles. The summed E-state index contributed by atoms with van der Waals surface area (Å²) in [5, 5.41) is 3.97. The summed E-state index contributed by atoms with van der Waals surface area (Å²) < 4.78 is 10.3. The van der Waals surface area contributed by atoms with Crippen LogP contribution in [0.2, 0.25) is 5.02 Å². The van der Waals surface area contributed by atoms with Crippen molar-refractivity contribution in [3.05, 3.63) is 53.1 Å². The molecule has 0 heterocycles. The smallest absolute Gasteiger partial charge is 0.139 e. The van der Waals surface area contributed by atoms with Gasteiger partial charge in [-0.1, -0.05) is 23.7 Å². The first-order chi connectivity index (χ1) is 9.72. The number of halogens is 1. The third-order valence-electron chi connectivity index (χ3n) is 3.05. The Kier molecular flexibility index (Phi) is 5.13. The maximum atomic E-state index is 5.99. The fourth-order valence-corrected chi connectivity index (χ4v) is 2.11. The molecular formula is C16H18ClNO2. The summed E-state index contributed by atoms with van der Waals surface area (Å²) in [7, 11) is 3.28. The molecular weight excluding hydrogens is 274 g/mol. The fraction of sp³-hybridized carbons (Fsp3) is 0.250. The number of nitrogens with one attached hydrogen (secondary N) is 1. The van der Waals surface area contributed by atoms with Gasteiger partial charge in [0.25, 0.3) is 0 Å². The monoisotopic (exact) mass is 291 g/mol. The van der Waals surface area contributed by atoms with Crippen LogP contribution in [0.1, 0.15) is 5.56 Å². The highest BCUT2D eigenvalue weighted by molar-refractivity contribution is 6.32. The Balaban J connectivity index is 1.88. The van der Waals surface area contributed by atoms with E-state index in [9.17, 15) is 0 Å². The van der Waals surface area contributed by atoms with Crippen molar-refractivity contribution in [2.45, 2.75) is 6.42 Å². The second-order valence-electron chi connectivity index (χ2n) is 4.37. The zero-order valence-corrected chi connectivity index (χ0v) is 12.4. The summed E-state index contributed by atoms with van der Waals surface area (Å²) >= 11 is 5.99. The molecule has 106 valence electrons. The van der Waals surface area contributed by atoms with Crippen molar-refractivity contribution in [2.75, 3.05) is 26.1 Å². The van der Waals surface area contributed by atoms with Crippen LogP contribution in [0.5, 0.6) is 11.5 Å². The van der Waals surface area contributed by atoms with E-state index in [4.69, 9.17) is 21.1 Å². The molecule has 0 aliphatic heterocycles. The van der Waals surface area contributed by atoms with E-state index in [1.54, 1.807) is 14.2 Å². The minimum absolute atomic E-state index is 0.619. The van der Waals surface area contributed by atoms with E-state index >= 15 is 0 Å². The lowest BCUT2D eigenvalue weighted by molar-refractivity contribution is 0.414. The quantitative estimate of drug-likeness (QED) is 0.872. The Morgan fingerprint density at radius 1 is 1.00 bits per heavy atom. The number of methoxy groups -OCH3 is 2. The number of hydrogen-bond donors (Lipinski definition) is 1. The highest BCUT2D eigenvalue weighted by Crippen LogP contribution is 2.27. The normalized spacial score (nSPS) is 10.2. The molecule has 0 aliphatic rings. The number of hydrogen-bond acceptors (Lipinski definition) is 3. The van der Waals surface area contributed by atoms with Gasteiger partial charge in [0, 0.05) is 18.3 Å². The number of rotatable bonds is 6. The maximum Gasteiger partial charge on any atom is 0.139 e. The van der Waals surface area contributed by atoms with Crippen molar-refractivity contribution < 1.29 is 9.47 Å². The maximum absolute atomic E-state index is 5.99. The number of benzene rings is 2. The van der Waals surface area contributed by atoms with Gasteiger partial charge in [-0.3, -0.25) is 0 Å². The third kappa shape index (κ3) is 3.81. The van der Waals surface area contributed by atoms with Gasteiger partial charge in [0.05, 0.1) is 19.2 Å². The summed E-state index contributed by atoms with van der Waals surface area (Å²) in [5.41, 5.74) is 2.26. The van der Waals surface area contributed by atoms with Gasteiger partial charge in [-0.25, -0.2) is 0 Å². The number of anilines is 1.